The molecule has 1 aromatic carbocycles. The summed E-state index contributed by atoms with van der Waals surface area (Å²) >= 11 is 0. The topological polar surface area (TPSA) is 102 Å². The van der Waals surface area contributed by atoms with Crippen LogP contribution in [0.5, 0.6) is 5.75 Å². The molecule has 19 heavy (non-hydrogen) atoms. The van der Waals surface area contributed by atoms with Crippen molar-refractivity contribution in [1.82, 2.24) is 0 Å². The predicted octanol–water partition coefficient (Wildman–Crippen LogP) is 1.99. The van der Waals surface area contributed by atoms with E-state index in [4.69, 9.17) is 5.73 Å². The van der Waals surface area contributed by atoms with Gasteiger partial charge in [0, 0.05) is 30.0 Å². The standard InChI is InChI=1S/C13H17N3O3/c14-11-3-1-2-4-12(11)15-8-9-7-10(16(18)19)5-6-13(9)17/h5-8,11-12,17H,1-4,14H2/t11-,12-/m1/s1. The summed E-state index contributed by atoms with van der Waals surface area (Å²) in [4.78, 5) is 14.5. The first-order valence-electron chi connectivity index (χ1n) is 6.34. The molecule has 1 aromatic rings. The highest BCUT2D eigenvalue weighted by Crippen LogP contribution is 2.23. The van der Waals surface area contributed by atoms with Gasteiger partial charge in [0.2, 0.25) is 0 Å². The van der Waals surface area contributed by atoms with E-state index >= 15 is 0 Å². The molecule has 6 nitrogen and oxygen atoms in total. The smallest absolute Gasteiger partial charge is 0.270 e. The summed E-state index contributed by atoms with van der Waals surface area (Å²) in [6, 6.07) is 3.95. The molecule has 0 heterocycles. The molecule has 2 atom stereocenters. The lowest BCUT2D eigenvalue weighted by molar-refractivity contribution is -0.384. The molecule has 0 aromatic heterocycles. The van der Waals surface area contributed by atoms with E-state index in [9.17, 15) is 15.2 Å². The highest BCUT2D eigenvalue weighted by atomic mass is 16.6. The van der Waals surface area contributed by atoms with Crippen molar-refractivity contribution >= 4 is 11.9 Å². The molecule has 1 saturated carbocycles. The molecular formula is C13H17N3O3. The van der Waals surface area contributed by atoms with Crippen molar-refractivity contribution in [3.8, 4) is 5.75 Å². The van der Waals surface area contributed by atoms with Crippen LogP contribution < -0.4 is 5.73 Å². The highest BCUT2D eigenvalue weighted by molar-refractivity contribution is 5.84. The average Bonchev–Trinajstić information content (AvgIpc) is 2.39. The van der Waals surface area contributed by atoms with E-state index in [-0.39, 0.29) is 23.5 Å². The van der Waals surface area contributed by atoms with Gasteiger partial charge in [-0.3, -0.25) is 15.1 Å². The second kappa shape index (κ2) is 5.79. The molecule has 1 aliphatic rings. The monoisotopic (exact) mass is 263 g/mol. The number of non-ortho nitro benzene ring substituents is 1. The van der Waals surface area contributed by atoms with E-state index in [2.05, 4.69) is 4.99 Å². The van der Waals surface area contributed by atoms with Gasteiger partial charge in [-0.05, 0) is 18.9 Å². The summed E-state index contributed by atoms with van der Waals surface area (Å²) in [6.45, 7) is 0. The van der Waals surface area contributed by atoms with Crippen molar-refractivity contribution in [2.75, 3.05) is 0 Å². The summed E-state index contributed by atoms with van der Waals surface area (Å²) in [5.74, 6) is -0.0151. The fourth-order valence-electron chi connectivity index (χ4n) is 2.26. The number of nitrogens with two attached hydrogens (primary N) is 1. The quantitative estimate of drug-likeness (QED) is 0.494. The molecule has 0 radical (unpaired) electrons. The van der Waals surface area contributed by atoms with Gasteiger partial charge < -0.3 is 10.8 Å². The summed E-state index contributed by atoms with van der Waals surface area (Å²) < 4.78 is 0. The highest BCUT2D eigenvalue weighted by Gasteiger charge is 2.20. The zero-order chi connectivity index (χ0) is 13.8. The molecule has 0 aliphatic heterocycles. The van der Waals surface area contributed by atoms with E-state index in [0.717, 1.165) is 25.7 Å². The van der Waals surface area contributed by atoms with Crippen LogP contribution in [0.4, 0.5) is 5.69 Å². The van der Waals surface area contributed by atoms with Gasteiger partial charge in [-0.25, -0.2) is 0 Å². The first-order valence-corrected chi connectivity index (χ1v) is 6.34. The lowest BCUT2D eigenvalue weighted by Gasteiger charge is -2.24. The molecule has 0 saturated heterocycles. The molecule has 0 bridgehead atoms. The first-order chi connectivity index (χ1) is 9.08. The molecule has 0 unspecified atom stereocenters. The van der Waals surface area contributed by atoms with Gasteiger partial charge in [-0.1, -0.05) is 12.8 Å². The number of phenols is 1. The Bertz CT molecular complexity index is 502. The number of hydrogen-bond acceptors (Lipinski definition) is 5. The summed E-state index contributed by atoms with van der Waals surface area (Å²) in [7, 11) is 0. The van der Waals surface area contributed by atoms with Gasteiger partial charge in [0.05, 0.1) is 11.0 Å². The maximum absolute atomic E-state index is 10.7. The van der Waals surface area contributed by atoms with Crippen molar-refractivity contribution in [2.24, 2.45) is 10.7 Å². The van der Waals surface area contributed by atoms with Crippen LogP contribution >= 0.6 is 0 Å². The van der Waals surface area contributed by atoms with Gasteiger partial charge in [-0.15, -0.1) is 0 Å². The zero-order valence-corrected chi connectivity index (χ0v) is 10.5. The minimum atomic E-state index is -0.497. The third kappa shape index (κ3) is 3.29. The van der Waals surface area contributed by atoms with Crippen molar-refractivity contribution < 1.29 is 10.0 Å². The van der Waals surface area contributed by atoms with E-state index in [1.807, 2.05) is 0 Å². The van der Waals surface area contributed by atoms with Gasteiger partial charge in [-0.2, -0.15) is 0 Å². The predicted molar refractivity (Wildman–Crippen MR) is 72.6 cm³/mol. The zero-order valence-electron chi connectivity index (χ0n) is 10.5. The van der Waals surface area contributed by atoms with Crippen molar-refractivity contribution in [2.45, 2.75) is 37.8 Å². The second-order valence-electron chi connectivity index (χ2n) is 4.79. The largest absolute Gasteiger partial charge is 0.507 e. The molecular weight excluding hydrogens is 246 g/mol. The van der Waals surface area contributed by atoms with Crippen molar-refractivity contribution in [3.63, 3.8) is 0 Å². The summed E-state index contributed by atoms with van der Waals surface area (Å²) in [6.07, 6.45) is 5.57. The summed E-state index contributed by atoms with van der Waals surface area (Å²) in [5.41, 5.74) is 6.27. The van der Waals surface area contributed by atoms with Crippen LogP contribution in [0, 0.1) is 10.1 Å². The third-order valence-electron chi connectivity index (χ3n) is 3.41. The Morgan fingerprint density at radius 2 is 2.16 bits per heavy atom. The van der Waals surface area contributed by atoms with Gasteiger partial charge in [0.15, 0.2) is 0 Å². The molecule has 1 fully saturated rings. The minimum absolute atomic E-state index is 0.0151. The lowest BCUT2D eigenvalue weighted by Crippen LogP contribution is -2.36. The normalized spacial score (nSPS) is 23.6. The Hall–Kier alpha value is -1.95. The number of hydrogen-bond donors (Lipinski definition) is 2. The van der Waals surface area contributed by atoms with Crippen LogP contribution in [0.15, 0.2) is 23.2 Å². The Balaban J connectivity index is 2.17. The van der Waals surface area contributed by atoms with E-state index < -0.39 is 4.92 Å². The molecule has 102 valence electrons. The summed E-state index contributed by atoms with van der Waals surface area (Å²) in [5, 5.41) is 20.3. The number of nitrogens with zero attached hydrogens (tertiary/aromatic N) is 2. The van der Waals surface area contributed by atoms with Crippen molar-refractivity contribution in [3.05, 3.63) is 33.9 Å². The molecule has 1 aliphatic carbocycles. The number of aliphatic imine (C=N–C) groups is 1. The fraction of sp³-hybridized carbons (Fsp3) is 0.462. The third-order valence-corrected chi connectivity index (χ3v) is 3.41. The van der Waals surface area contributed by atoms with Crippen LogP contribution in [0.1, 0.15) is 31.2 Å². The van der Waals surface area contributed by atoms with Crippen LogP contribution in [-0.2, 0) is 0 Å². The Morgan fingerprint density at radius 3 is 2.84 bits per heavy atom. The minimum Gasteiger partial charge on any atom is -0.507 e. The van der Waals surface area contributed by atoms with Crippen molar-refractivity contribution in [1.29, 1.82) is 0 Å². The Kier molecular flexibility index (Phi) is 4.11. The molecule has 3 N–H and O–H groups in total. The average molecular weight is 263 g/mol. The maximum atomic E-state index is 10.7. The molecule has 0 spiro atoms. The molecule has 2 rings (SSSR count). The van der Waals surface area contributed by atoms with Gasteiger partial charge in [0.1, 0.15) is 5.75 Å². The number of nitro groups is 1. The second-order valence-corrected chi connectivity index (χ2v) is 4.79. The lowest BCUT2D eigenvalue weighted by atomic mass is 9.91. The number of rotatable bonds is 3. The molecule has 6 heteroatoms. The van der Waals surface area contributed by atoms with Gasteiger partial charge in [0.25, 0.3) is 5.69 Å². The molecule has 0 amide bonds. The van der Waals surface area contributed by atoms with Crippen LogP contribution in [-0.4, -0.2) is 28.3 Å². The first kappa shape index (κ1) is 13.5. The SMILES string of the molecule is N[C@@H]1CCCC[C@H]1N=Cc1cc([N+](=O)[O-])ccc1O. The number of phenolic OH excluding ortho intramolecular Hbond substituents is 1. The number of benzene rings is 1. The van der Waals surface area contributed by atoms with E-state index in [1.165, 1.54) is 24.4 Å². The maximum Gasteiger partial charge on any atom is 0.270 e. The Labute approximate surface area is 111 Å². The van der Waals surface area contributed by atoms with E-state index in [1.54, 1.807) is 0 Å². The van der Waals surface area contributed by atoms with E-state index in [0.29, 0.717) is 5.56 Å². The van der Waals surface area contributed by atoms with Crippen LogP contribution in [0.25, 0.3) is 0 Å². The van der Waals surface area contributed by atoms with Crippen LogP contribution in [0.2, 0.25) is 0 Å². The number of nitro benzene ring substituents is 1. The fourth-order valence-corrected chi connectivity index (χ4v) is 2.26. The number of aromatic hydroxyl groups is 1. The van der Waals surface area contributed by atoms with Crippen LogP contribution in [0.3, 0.4) is 0 Å². The van der Waals surface area contributed by atoms with Gasteiger partial charge >= 0.3 is 0 Å². The Morgan fingerprint density at radius 1 is 1.42 bits per heavy atom.